The van der Waals surface area contributed by atoms with Crippen LogP contribution in [0.1, 0.15) is 26.7 Å². The summed E-state index contributed by atoms with van der Waals surface area (Å²) in [5.41, 5.74) is 0. The molecule has 0 fully saturated rings. The van der Waals surface area contributed by atoms with Crippen molar-refractivity contribution < 1.29 is 9.53 Å². The summed E-state index contributed by atoms with van der Waals surface area (Å²) in [4.78, 5) is 10.8. The fourth-order valence-electron chi connectivity index (χ4n) is 1.01. The Morgan fingerprint density at radius 1 is 1.50 bits per heavy atom. The van der Waals surface area contributed by atoms with Gasteiger partial charge >= 0.3 is 5.97 Å². The molecule has 0 aromatic heterocycles. The predicted octanol–water partition coefficient (Wildman–Crippen LogP) is 1.67. The molecule has 0 bridgehead atoms. The van der Waals surface area contributed by atoms with Crippen molar-refractivity contribution >= 4 is 17.7 Å². The van der Waals surface area contributed by atoms with E-state index >= 15 is 0 Å². The Kier molecular flexibility index (Phi) is 9.19. The van der Waals surface area contributed by atoms with Crippen LogP contribution in [0.2, 0.25) is 0 Å². The molecule has 0 aromatic carbocycles. The molecule has 84 valence electrons. The van der Waals surface area contributed by atoms with Gasteiger partial charge in [-0.25, -0.2) is 0 Å². The second-order valence-corrected chi connectivity index (χ2v) is 4.18. The van der Waals surface area contributed by atoms with Crippen LogP contribution < -0.4 is 5.32 Å². The van der Waals surface area contributed by atoms with Crippen LogP contribution >= 0.6 is 11.8 Å². The Morgan fingerprint density at radius 3 is 2.71 bits per heavy atom. The third-order valence-corrected chi connectivity index (χ3v) is 3.02. The smallest absolute Gasteiger partial charge is 0.315 e. The van der Waals surface area contributed by atoms with Gasteiger partial charge in [0, 0.05) is 11.8 Å². The van der Waals surface area contributed by atoms with E-state index in [1.165, 1.54) is 7.11 Å². The predicted molar refractivity (Wildman–Crippen MR) is 61.7 cm³/mol. The molecule has 3 nitrogen and oxygen atoms in total. The van der Waals surface area contributed by atoms with Crippen molar-refractivity contribution in [2.45, 2.75) is 32.7 Å². The zero-order valence-electron chi connectivity index (χ0n) is 9.34. The number of rotatable bonds is 8. The number of esters is 1. The van der Waals surface area contributed by atoms with Gasteiger partial charge in [-0.05, 0) is 19.4 Å². The Bertz CT molecular complexity index is 153. The molecule has 4 heteroatoms. The van der Waals surface area contributed by atoms with Crippen molar-refractivity contribution in [2.24, 2.45) is 0 Å². The van der Waals surface area contributed by atoms with Crippen molar-refractivity contribution in [3.05, 3.63) is 0 Å². The number of thioether (sulfide) groups is 1. The van der Waals surface area contributed by atoms with E-state index in [9.17, 15) is 4.79 Å². The van der Waals surface area contributed by atoms with Gasteiger partial charge in [-0.15, -0.1) is 11.8 Å². The maximum absolute atomic E-state index is 10.8. The van der Waals surface area contributed by atoms with Crippen LogP contribution in [0, 0.1) is 0 Å². The van der Waals surface area contributed by atoms with Crippen LogP contribution in [-0.4, -0.2) is 37.2 Å². The Labute approximate surface area is 91.0 Å². The normalized spacial score (nSPS) is 12.5. The molecule has 1 N–H and O–H groups in total. The maximum Gasteiger partial charge on any atom is 0.315 e. The second kappa shape index (κ2) is 9.34. The van der Waals surface area contributed by atoms with E-state index in [4.69, 9.17) is 0 Å². The molecule has 0 aliphatic rings. The molecule has 0 radical (unpaired) electrons. The van der Waals surface area contributed by atoms with Crippen molar-refractivity contribution in [1.29, 1.82) is 0 Å². The maximum atomic E-state index is 10.8. The molecule has 0 spiro atoms. The Hall–Kier alpha value is -0.220. The monoisotopic (exact) mass is 219 g/mol. The third kappa shape index (κ3) is 7.21. The van der Waals surface area contributed by atoms with Crippen molar-refractivity contribution in [1.82, 2.24) is 5.32 Å². The van der Waals surface area contributed by atoms with Gasteiger partial charge in [-0.2, -0.15) is 0 Å². The molecule has 0 aliphatic carbocycles. The summed E-state index contributed by atoms with van der Waals surface area (Å²) in [6.07, 6.45) is 2.26. The van der Waals surface area contributed by atoms with Crippen molar-refractivity contribution in [3.63, 3.8) is 0 Å². The van der Waals surface area contributed by atoms with E-state index in [1.807, 2.05) is 0 Å². The van der Waals surface area contributed by atoms with Gasteiger partial charge in [0.25, 0.3) is 0 Å². The minimum Gasteiger partial charge on any atom is -0.468 e. The fourth-order valence-corrected chi connectivity index (χ4v) is 2.05. The highest BCUT2D eigenvalue weighted by Crippen LogP contribution is 2.05. The summed E-state index contributed by atoms with van der Waals surface area (Å²) < 4.78 is 4.57. The van der Waals surface area contributed by atoms with Gasteiger partial charge in [-0.1, -0.05) is 13.8 Å². The molecule has 14 heavy (non-hydrogen) atoms. The lowest BCUT2D eigenvalue weighted by atomic mass is 10.2. The number of carbonyl (C=O) groups is 1. The Balaban J connectivity index is 3.46. The molecular formula is C10H21NO2S. The van der Waals surface area contributed by atoms with Gasteiger partial charge < -0.3 is 10.1 Å². The van der Waals surface area contributed by atoms with Crippen LogP contribution in [0.3, 0.4) is 0 Å². The lowest BCUT2D eigenvalue weighted by Crippen LogP contribution is -2.31. The molecule has 0 aromatic rings. The zero-order valence-corrected chi connectivity index (χ0v) is 10.2. The standard InChI is InChI=1S/C10H21NO2S/c1-4-6-11-9(5-2)7-14-8-10(12)13-3/h9,11H,4-8H2,1-3H3. The Morgan fingerprint density at radius 2 is 2.21 bits per heavy atom. The molecule has 0 rings (SSSR count). The van der Waals surface area contributed by atoms with E-state index < -0.39 is 0 Å². The topological polar surface area (TPSA) is 38.3 Å². The molecule has 1 unspecified atom stereocenters. The first-order valence-corrected chi connectivity index (χ1v) is 6.28. The molecule has 0 amide bonds. The minimum absolute atomic E-state index is 0.139. The second-order valence-electron chi connectivity index (χ2n) is 3.15. The molecule has 0 saturated carbocycles. The third-order valence-electron chi connectivity index (χ3n) is 1.94. The van der Waals surface area contributed by atoms with E-state index in [1.54, 1.807) is 11.8 Å². The zero-order chi connectivity index (χ0) is 10.8. The van der Waals surface area contributed by atoms with E-state index in [0.717, 1.165) is 25.1 Å². The lowest BCUT2D eigenvalue weighted by molar-refractivity contribution is -0.137. The summed E-state index contributed by atoms with van der Waals surface area (Å²) in [5, 5.41) is 3.44. The van der Waals surface area contributed by atoms with E-state index in [0.29, 0.717) is 11.8 Å². The molecule has 1 atom stereocenters. The van der Waals surface area contributed by atoms with Crippen molar-refractivity contribution in [2.75, 3.05) is 25.2 Å². The number of nitrogens with one attached hydrogen (secondary N) is 1. The molecule has 0 aliphatic heterocycles. The van der Waals surface area contributed by atoms with E-state index in [2.05, 4.69) is 23.9 Å². The quantitative estimate of drug-likeness (QED) is 0.630. The number of hydrogen-bond acceptors (Lipinski definition) is 4. The lowest BCUT2D eigenvalue weighted by Gasteiger charge is -2.15. The molecular weight excluding hydrogens is 198 g/mol. The van der Waals surface area contributed by atoms with Crippen LogP contribution in [0.4, 0.5) is 0 Å². The summed E-state index contributed by atoms with van der Waals surface area (Å²) in [6.45, 7) is 5.37. The number of methoxy groups -OCH3 is 1. The number of ether oxygens (including phenoxy) is 1. The first kappa shape index (κ1) is 13.8. The highest BCUT2D eigenvalue weighted by molar-refractivity contribution is 7.99. The average molecular weight is 219 g/mol. The van der Waals surface area contributed by atoms with Crippen molar-refractivity contribution in [3.8, 4) is 0 Å². The molecule has 0 heterocycles. The largest absolute Gasteiger partial charge is 0.468 e. The van der Waals surface area contributed by atoms with Crippen LogP contribution in [0.5, 0.6) is 0 Å². The highest BCUT2D eigenvalue weighted by Gasteiger charge is 2.06. The summed E-state index contributed by atoms with van der Waals surface area (Å²) in [7, 11) is 1.43. The summed E-state index contributed by atoms with van der Waals surface area (Å²) in [6, 6.07) is 0.518. The molecule has 0 saturated heterocycles. The summed E-state index contributed by atoms with van der Waals surface area (Å²) >= 11 is 1.63. The fraction of sp³-hybridized carbons (Fsp3) is 0.900. The highest BCUT2D eigenvalue weighted by atomic mass is 32.2. The summed E-state index contributed by atoms with van der Waals surface area (Å²) in [5.74, 6) is 1.30. The first-order valence-electron chi connectivity index (χ1n) is 5.12. The minimum atomic E-state index is -0.139. The SMILES string of the molecule is CCCNC(CC)CSCC(=O)OC. The first-order chi connectivity index (χ1) is 6.74. The number of hydrogen-bond donors (Lipinski definition) is 1. The average Bonchev–Trinajstić information content (AvgIpc) is 2.22. The van der Waals surface area contributed by atoms with Gasteiger partial charge in [0.2, 0.25) is 0 Å². The van der Waals surface area contributed by atoms with Crippen LogP contribution in [-0.2, 0) is 9.53 Å². The van der Waals surface area contributed by atoms with Gasteiger partial charge in [0.05, 0.1) is 12.9 Å². The van der Waals surface area contributed by atoms with E-state index in [-0.39, 0.29) is 5.97 Å². The van der Waals surface area contributed by atoms with Gasteiger partial charge in [0.15, 0.2) is 0 Å². The number of carbonyl (C=O) groups excluding carboxylic acids is 1. The van der Waals surface area contributed by atoms with Crippen LogP contribution in [0.25, 0.3) is 0 Å². The van der Waals surface area contributed by atoms with Gasteiger partial charge in [0.1, 0.15) is 0 Å². The van der Waals surface area contributed by atoms with Gasteiger partial charge in [-0.3, -0.25) is 4.79 Å². The van der Waals surface area contributed by atoms with Crippen LogP contribution in [0.15, 0.2) is 0 Å².